The van der Waals surface area contributed by atoms with Crippen LogP contribution in [0.15, 0.2) is 24.3 Å². The van der Waals surface area contributed by atoms with Crippen LogP contribution in [-0.4, -0.2) is 25.7 Å². The van der Waals surface area contributed by atoms with Crippen molar-refractivity contribution in [3.63, 3.8) is 0 Å². The highest BCUT2D eigenvalue weighted by Gasteiger charge is 2.44. The minimum Gasteiger partial charge on any atom is -0.428 e. The van der Waals surface area contributed by atoms with E-state index in [4.69, 9.17) is 10.5 Å². The first kappa shape index (κ1) is 19.0. The summed E-state index contributed by atoms with van der Waals surface area (Å²) in [5, 5.41) is 0. The van der Waals surface area contributed by atoms with E-state index in [9.17, 15) is 17.6 Å². The van der Waals surface area contributed by atoms with Gasteiger partial charge in [-0.05, 0) is 36.5 Å². The van der Waals surface area contributed by atoms with Gasteiger partial charge in [0, 0.05) is 19.3 Å². The molecule has 0 bridgehead atoms. The van der Waals surface area contributed by atoms with E-state index in [-0.39, 0.29) is 30.1 Å². The Balaban J connectivity index is 0.00000242. The lowest BCUT2D eigenvalue weighted by atomic mass is 9.88. The van der Waals surface area contributed by atoms with Crippen LogP contribution in [0, 0.1) is 5.92 Å². The molecule has 1 atom stereocenters. The Kier molecular flexibility index (Phi) is 6.90. The Morgan fingerprint density at radius 1 is 1.23 bits per heavy atom. The SMILES string of the molecule is Cl.N[C@@H](c1cccc(OC(F)(F)C(F)F)c1)C1CCOCC1. The molecule has 126 valence electrons. The number of rotatable bonds is 5. The van der Waals surface area contributed by atoms with Gasteiger partial charge in [-0.3, -0.25) is 0 Å². The van der Waals surface area contributed by atoms with Gasteiger partial charge in [-0.2, -0.15) is 17.6 Å². The van der Waals surface area contributed by atoms with E-state index in [0.29, 0.717) is 18.8 Å². The molecule has 1 fully saturated rings. The molecule has 0 aliphatic carbocycles. The van der Waals surface area contributed by atoms with E-state index in [2.05, 4.69) is 4.74 Å². The van der Waals surface area contributed by atoms with Gasteiger partial charge < -0.3 is 15.2 Å². The zero-order valence-corrected chi connectivity index (χ0v) is 12.5. The number of halogens is 5. The smallest absolute Gasteiger partial charge is 0.428 e. The van der Waals surface area contributed by atoms with Gasteiger partial charge in [0.15, 0.2) is 0 Å². The summed E-state index contributed by atoms with van der Waals surface area (Å²) in [7, 11) is 0. The van der Waals surface area contributed by atoms with Crippen LogP contribution in [0.25, 0.3) is 0 Å². The molecule has 3 nitrogen and oxygen atoms in total. The minimum absolute atomic E-state index is 0. The van der Waals surface area contributed by atoms with Crippen LogP contribution >= 0.6 is 12.4 Å². The first-order valence-corrected chi connectivity index (χ1v) is 6.68. The van der Waals surface area contributed by atoms with Crippen molar-refractivity contribution in [3.05, 3.63) is 29.8 Å². The number of hydrogen-bond acceptors (Lipinski definition) is 3. The van der Waals surface area contributed by atoms with Gasteiger partial charge in [0.25, 0.3) is 0 Å². The van der Waals surface area contributed by atoms with Crippen LogP contribution in [0.4, 0.5) is 17.6 Å². The van der Waals surface area contributed by atoms with Gasteiger partial charge >= 0.3 is 12.5 Å². The maximum absolute atomic E-state index is 12.9. The van der Waals surface area contributed by atoms with Crippen LogP contribution in [0.3, 0.4) is 0 Å². The molecule has 0 radical (unpaired) electrons. The molecule has 1 aromatic carbocycles. The fourth-order valence-corrected chi connectivity index (χ4v) is 2.33. The molecule has 22 heavy (non-hydrogen) atoms. The van der Waals surface area contributed by atoms with Gasteiger partial charge in [-0.25, -0.2) is 0 Å². The summed E-state index contributed by atoms with van der Waals surface area (Å²) in [6.45, 7) is 1.22. The second-order valence-electron chi connectivity index (χ2n) is 5.01. The lowest BCUT2D eigenvalue weighted by molar-refractivity contribution is -0.253. The van der Waals surface area contributed by atoms with Gasteiger partial charge in [-0.1, -0.05) is 12.1 Å². The van der Waals surface area contributed by atoms with E-state index in [0.717, 1.165) is 12.8 Å². The predicted octanol–water partition coefficient (Wildman–Crippen LogP) is 3.77. The maximum Gasteiger partial charge on any atom is 0.461 e. The summed E-state index contributed by atoms with van der Waals surface area (Å²) >= 11 is 0. The lowest BCUT2D eigenvalue weighted by Gasteiger charge is -2.28. The first-order valence-electron chi connectivity index (χ1n) is 6.68. The van der Waals surface area contributed by atoms with Crippen molar-refractivity contribution in [2.45, 2.75) is 31.4 Å². The number of hydrogen-bond donors (Lipinski definition) is 1. The van der Waals surface area contributed by atoms with Crippen molar-refractivity contribution in [2.75, 3.05) is 13.2 Å². The Bertz CT molecular complexity index is 470. The van der Waals surface area contributed by atoms with E-state index in [1.807, 2.05) is 0 Å². The third kappa shape index (κ3) is 4.72. The lowest BCUT2D eigenvalue weighted by Crippen LogP contribution is -2.33. The summed E-state index contributed by atoms with van der Waals surface area (Å²) in [6, 6.07) is 5.27. The molecule has 1 aliphatic heterocycles. The summed E-state index contributed by atoms with van der Waals surface area (Å²) in [5.41, 5.74) is 6.70. The molecule has 8 heteroatoms. The third-order valence-corrected chi connectivity index (χ3v) is 3.52. The second-order valence-corrected chi connectivity index (χ2v) is 5.01. The molecule has 0 aromatic heterocycles. The van der Waals surface area contributed by atoms with E-state index >= 15 is 0 Å². The molecule has 0 spiro atoms. The van der Waals surface area contributed by atoms with Crippen molar-refractivity contribution in [1.82, 2.24) is 0 Å². The van der Waals surface area contributed by atoms with Gasteiger partial charge in [-0.15, -0.1) is 12.4 Å². The number of ether oxygens (including phenoxy) is 2. The molecule has 1 saturated heterocycles. The molecule has 1 heterocycles. The fourth-order valence-electron chi connectivity index (χ4n) is 2.33. The second kappa shape index (κ2) is 7.99. The van der Waals surface area contributed by atoms with Crippen molar-refractivity contribution in [2.24, 2.45) is 11.7 Å². The standard InChI is InChI=1S/C14H17F4NO2.ClH/c15-13(16)14(17,18)21-11-3-1-2-10(8-11)12(19)9-4-6-20-7-5-9;/h1-3,8-9,12-13H,4-7,19H2;1H/t12-;/m1./s1. The van der Waals surface area contributed by atoms with Crippen LogP contribution in [0.1, 0.15) is 24.4 Å². The quantitative estimate of drug-likeness (QED) is 0.828. The molecule has 0 amide bonds. The normalized spacial score (nSPS) is 17.9. The summed E-state index contributed by atoms with van der Waals surface area (Å²) in [5.74, 6) is -0.148. The largest absolute Gasteiger partial charge is 0.461 e. The molecule has 0 unspecified atom stereocenters. The van der Waals surface area contributed by atoms with Gasteiger partial charge in [0.05, 0.1) is 0 Å². The maximum atomic E-state index is 12.9. The number of alkyl halides is 4. The minimum atomic E-state index is -4.51. The molecule has 1 aromatic rings. The predicted molar refractivity (Wildman–Crippen MR) is 75.7 cm³/mol. The fraction of sp³-hybridized carbons (Fsp3) is 0.571. The Hall–Kier alpha value is -1.05. The third-order valence-electron chi connectivity index (χ3n) is 3.52. The molecule has 1 aliphatic rings. The first-order chi connectivity index (χ1) is 9.90. The van der Waals surface area contributed by atoms with E-state index in [1.165, 1.54) is 18.2 Å². The zero-order chi connectivity index (χ0) is 15.5. The topological polar surface area (TPSA) is 44.5 Å². The Morgan fingerprint density at radius 2 is 1.86 bits per heavy atom. The van der Waals surface area contributed by atoms with Crippen molar-refractivity contribution < 1.29 is 27.0 Å². The summed E-state index contributed by atoms with van der Waals surface area (Å²) < 4.78 is 59.4. The van der Waals surface area contributed by atoms with Crippen molar-refractivity contribution in [1.29, 1.82) is 0 Å². The zero-order valence-electron chi connectivity index (χ0n) is 11.7. The number of benzene rings is 1. The monoisotopic (exact) mass is 343 g/mol. The van der Waals surface area contributed by atoms with Gasteiger partial charge in [0.1, 0.15) is 5.75 Å². The molecule has 2 rings (SSSR count). The highest BCUT2D eigenvalue weighted by molar-refractivity contribution is 5.85. The Labute approximate surface area is 132 Å². The molecular weight excluding hydrogens is 326 g/mol. The molecule has 0 saturated carbocycles. The van der Waals surface area contributed by atoms with E-state index < -0.39 is 12.5 Å². The summed E-state index contributed by atoms with van der Waals surface area (Å²) in [4.78, 5) is 0. The highest BCUT2D eigenvalue weighted by atomic mass is 35.5. The molecular formula is C14H18ClF4NO2. The average Bonchev–Trinajstić information content (AvgIpc) is 2.47. The van der Waals surface area contributed by atoms with Gasteiger partial charge in [0.2, 0.25) is 0 Å². The average molecular weight is 344 g/mol. The number of nitrogens with two attached hydrogens (primary N) is 1. The van der Waals surface area contributed by atoms with Crippen molar-refractivity contribution >= 4 is 12.4 Å². The van der Waals surface area contributed by atoms with Crippen LogP contribution in [0.2, 0.25) is 0 Å². The molecule has 2 N–H and O–H groups in total. The van der Waals surface area contributed by atoms with Crippen LogP contribution in [-0.2, 0) is 4.74 Å². The highest BCUT2D eigenvalue weighted by Crippen LogP contribution is 2.32. The van der Waals surface area contributed by atoms with Crippen LogP contribution in [0.5, 0.6) is 5.75 Å². The Morgan fingerprint density at radius 3 is 2.45 bits per heavy atom. The van der Waals surface area contributed by atoms with E-state index in [1.54, 1.807) is 6.07 Å². The summed E-state index contributed by atoms with van der Waals surface area (Å²) in [6.07, 6.45) is -6.84. The van der Waals surface area contributed by atoms with Crippen molar-refractivity contribution in [3.8, 4) is 5.75 Å². The van der Waals surface area contributed by atoms with Crippen LogP contribution < -0.4 is 10.5 Å².